The van der Waals surface area contributed by atoms with E-state index in [4.69, 9.17) is 11.6 Å². The Morgan fingerprint density at radius 2 is 1.90 bits per heavy atom. The van der Waals surface area contributed by atoms with E-state index in [2.05, 4.69) is 20.9 Å². The maximum Gasteiger partial charge on any atom is 0.147 e. The van der Waals surface area contributed by atoms with Gasteiger partial charge < -0.3 is 0 Å². The van der Waals surface area contributed by atoms with Crippen molar-refractivity contribution in [1.82, 2.24) is 9.55 Å². The zero-order valence-corrected chi connectivity index (χ0v) is 13.1. The molecule has 0 radical (unpaired) electrons. The van der Waals surface area contributed by atoms with E-state index in [1.165, 1.54) is 12.1 Å². The van der Waals surface area contributed by atoms with Crippen molar-refractivity contribution in [3.63, 3.8) is 0 Å². The van der Waals surface area contributed by atoms with Gasteiger partial charge in [0.15, 0.2) is 0 Å². The van der Waals surface area contributed by atoms with Crippen LogP contribution in [0.3, 0.4) is 0 Å². The van der Waals surface area contributed by atoms with Gasteiger partial charge in [-0.15, -0.1) is 11.6 Å². The van der Waals surface area contributed by atoms with Crippen LogP contribution >= 0.6 is 27.5 Å². The Hall–Kier alpha value is -1.46. The minimum Gasteiger partial charge on any atom is -0.293 e. The molecule has 0 atom stereocenters. The maximum absolute atomic E-state index is 14.1. The van der Waals surface area contributed by atoms with E-state index >= 15 is 0 Å². The summed E-state index contributed by atoms with van der Waals surface area (Å²) in [7, 11) is 0. The number of halogens is 4. The maximum atomic E-state index is 14.1. The van der Waals surface area contributed by atoms with E-state index < -0.39 is 5.82 Å². The van der Waals surface area contributed by atoms with Crippen LogP contribution in [0.4, 0.5) is 8.78 Å². The molecule has 0 saturated heterocycles. The minimum atomic E-state index is -0.405. The molecule has 21 heavy (non-hydrogen) atoms. The molecule has 0 unspecified atom stereocenters. The molecule has 3 aromatic rings. The number of para-hydroxylation sites is 1. The Morgan fingerprint density at radius 3 is 2.62 bits per heavy atom. The Balaban J connectivity index is 2.35. The van der Waals surface area contributed by atoms with Crippen LogP contribution in [0.2, 0.25) is 0 Å². The quantitative estimate of drug-likeness (QED) is 0.602. The van der Waals surface area contributed by atoms with Gasteiger partial charge in [0.1, 0.15) is 17.5 Å². The van der Waals surface area contributed by atoms with Crippen molar-refractivity contribution in [1.29, 1.82) is 0 Å². The summed E-state index contributed by atoms with van der Waals surface area (Å²) < 4.78 is 29.8. The lowest BCUT2D eigenvalue weighted by atomic mass is 10.2. The van der Waals surface area contributed by atoms with Crippen LogP contribution in [-0.2, 0) is 6.42 Å². The average molecular weight is 372 g/mol. The van der Waals surface area contributed by atoms with Gasteiger partial charge in [0.2, 0.25) is 0 Å². The van der Waals surface area contributed by atoms with Crippen LogP contribution in [0.5, 0.6) is 0 Å². The molecule has 0 amide bonds. The van der Waals surface area contributed by atoms with Gasteiger partial charge in [0, 0.05) is 18.4 Å². The Labute approximate surface area is 133 Å². The average Bonchev–Trinajstić information content (AvgIpc) is 2.78. The fraction of sp³-hybridized carbons (Fsp3) is 0.133. The summed E-state index contributed by atoms with van der Waals surface area (Å²) >= 11 is 8.95. The molecule has 0 spiro atoms. The fourth-order valence-electron chi connectivity index (χ4n) is 2.28. The van der Waals surface area contributed by atoms with Crippen LogP contribution < -0.4 is 0 Å². The first kappa shape index (κ1) is 14.5. The normalized spacial score (nSPS) is 11.2. The van der Waals surface area contributed by atoms with Crippen LogP contribution in [0.1, 0.15) is 5.82 Å². The summed E-state index contributed by atoms with van der Waals surface area (Å²) in [6, 6.07) is 9.33. The molecule has 0 aliphatic carbocycles. The number of imidazole rings is 1. The molecule has 1 heterocycles. The predicted molar refractivity (Wildman–Crippen MR) is 83.1 cm³/mol. The third kappa shape index (κ3) is 2.56. The lowest BCUT2D eigenvalue weighted by Crippen LogP contribution is -2.04. The van der Waals surface area contributed by atoms with Crippen molar-refractivity contribution in [2.45, 2.75) is 6.42 Å². The molecule has 3 rings (SSSR count). The first-order valence-corrected chi connectivity index (χ1v) is 7.62. The van der Waals surface area contributed by atoms with Gasteiger partial charge >= 0.3 is 0 Å². The second-order valence-electron chi connectivity index (χ2n) is 4.51. The third-order valence-electron chi connectivity index (χ3n) is 3.18. The standard InChI is InChI=1S/C15H10BrClF2N2/c16-9-7-14-12(8-11(9)19)20-15(5-6-17)21(14)13-4-2-1-3-10(13)18/h1-4,7-8H,5-6H2. The minimum absolute atomic E-state index is 0.310. The van der Waals surface area contributed by atoms with Crippen molar-refractivity contribution in [2.24, 2.45) is 0 Å². The molecule has 0 bridgehead atoms. The molecule has 1 aromatic heterocycles. The summed E-state index contributed by atoms with van der Waals surface area (Å²) in [6.07, 6.45) is 0.462. The van der Waals surface area contributed by atoms with Gasteiger partial charge in [-0.3, -0.25) is 4.57 Å². The zero-order valence-electron chi connectivity index (χ0n) is 10.8. The van der Waals surface area contributed by atoms with Gasteiger partial charge in [-0.2, -0.15) is 0 Å². The van der Waals surface area contributed by atoms with Crippen molar-refractivity contribution in [3.8, 4) is 5.69 Å². The van der Waals surface area contributed by atoms with Gasteiger partial charge in [-0.05, 0) is 34.1 Å². The molecule has 0 aliphatic rings. The highest BCUT2D eigenvalue weighted by Crippen LogP contribution is 2.28. The molecule has 0 N–H and O–H groups in total. The fourth-order valence-corrected chi connectivity index (χ4v) is 2.78. The number of hydrogen-bond donors (Lipinski definition) is 0. The summed E-state index contributed by atoms with van der Waals surface area (Å²) in [4.78, 5) is 4.37. The number of rotatable bonds is 3. The van der Waals surface area contributed by atoms with Gasteiger partial charge in [-0.25, -0.2) is 13.8 Å². The first-order valence-electron chi connectivity index (χ1n) is 6.29. The Kier molecular flexibility index (Phi) is 3.95. The lowest BCUT2D eigenvalue weighted by Gasteiger charge is -2.09. The summed E-state index contributed by atoms with van der Waals surface area (Å²) in [6.45, 7) is 0. The van der Waals surface area contributed by atoms with Crippen LogP contribution in [0.15, 0.2) is 40.9 Å². The van der Waals surface area contributed by atoms with Crippen molar-refractivity contribution >= 4 is 38.6 Å². The molecule has 6 heteroatoms. The second kappa shape index (κ2) is 5.73. The summed E-state index contributed by atoms with van der Waals surface area (Å²) in [5.74, 6) is 0.176. The molecule has 2 nitrogen and oxygen atoms in total. The number of nitrogens with zero attached hydrogens (tertiary/aromatic N) is 2. The predicted octanol–water partition coefficient (Wildman–Crippen LogP) is 4.85. The molecule has 2 aromatic carbocycles. The number of benzene rings is 2. The zero-order chi connectivity index (χ0) is 15.0. The van der Waals surface area contributed by atoms with Gasteiger partial charge in [0.25, 0.3) is 0 Å². The SMILES string of the molecule is Fc1cc2nc(CCCl)n(-c3ccccc3F)c2cc1Br. The highest BCUT2D eigenvalue weighted by Gasteiger charge is 2.16. The molecule has 108 valence electrons. The lowest BCUT2D eigenvalue weighted by molar-refractivity contribution is 0.617. The molecule has 0 saturated carbocycles. The molecular formula is C15H10BrClF2N2. The number of aromatic nitrogens is 2. The number of aryl methyl sites for hydroxylation is 1. The highest BCUT2D eigenvalue weighted by molar-refractivity contribution is 9.10. The third-order valence-corrected chi connectivity index (χ3v) is 3.97. The van der Waals surface area contributed by atoms with E-state index in [0.717, 1.165) is 0 Å². The van der Waals surface area contributed by atoms with Crippen molar-refractivity contribution in [2.75, 3.05) is 5.88 Å². The van der Waals surface area contributed by atoms with Crippen molar-refractivity contribution < 1.29 is 8.78 Å². The van der Waals surface area contributed by atoms with E-state index in [9.17, 15) is 8.78 Å². The van der Waals surface area contributed by atoms with Crippen molar-refractivity contribution in [3.05, 3.63) is 58.3 Å². The smallest absolute Gasteiger partial charge is 0.147 e. The van der Waals surface area contributed by atoms with Gasteiger partial charge in [0.05, 0.1) is 21.2 Å². The van der Waals surface area contributed by atoms with E-state index in [1.807, 2.05) is 0 Å². The van der Waals surface area contributed by atoms with E-state index in [-0.39, 0.29) is 5.82 Å². The van der Waals surface area contributed by atoms with Crippen LogP contribution in [0, 0.1) is 11.6 Å². The molecule has 0 aliphatic heterocycles. The molecule has 0 fully saturated rings. The van der Waals surface area contributed by atoms with E-state index in [0.29, 0.717) is 39.3 Å². The highest BCUT2D eigenvalue weighted by atomic mass is 79.9. The Morgan fingerprint density at radius 1 is 1.14 bits per heavy atom. The van der Waals surface area contributed by atoms with Crippen LogP contribution in [0.25, 0.3) is 16.7 Å². The first-order chi connectivity index (χ1) is 10.1. The van der Waals surface area contributed by atoms with Gasteiger partial charge in [-0.1, -0.05) is 12.1 Å². The summed E-state index contributed by atoms with van der Waals surface area (Å²) in [5, 5.41) is 0. The topological polar surface area (TPSA) is 17.8 Å². The van der Waals surface area contributed by atoms with Crippen LogP contribution in [-0.4, -0.2) is 15.4 Å². The Bertz CT molecular complexity index is 817. The molecular weight excluding hydrogens is 362 g/mol. The summed E-state index contributed by atoms with van der Waals surface area (Å²) in [5.41, 5.74) is 1.48. The van der Waals surface area contributed by atoms with E-state index in [1.54, 1.807) is 28.8 Å². The number of fused-ring (bicyclic) bond motifs is 1. The number of hydrogen-bond acceptors (Lipinski definition) is 1. The largest absolute Gasteiger partial charge is 0.293 e. The number of alkyl halides is 1. The monoisotopic (exact) mass is 370 g/mol. The second-order valence-corrected chi connectivity index (χ2v) is 5.74.